The van der Waals surface area contributed by atoms with E-state index >= 15 is 0 Å². The molecule has 1 aromatic carbocycles. The summed E-state index contributed by atoms with van der Waals surface area (Å²) < 4.78 is 0.818. The van der Waals surface area contributed by atoms with E-state index in [2.05, 4.69) is 49.9 Å². The highest BCUT2D eigenvalue weighted by Crippen LogP contribution is 2.27. The molecule has 0 atom stereocenters. The molecule has 0 aliphatic heterocycles. The fraction of sp³-hybridized carbons (Fsp3) is 0.188. The highest BCUT2D eigenvalue weighted by molar-refractivity contribution is 9.10. The fourth-order valence-electron chi connectivity index (χ4n) is 2.26. The van der Waals surface area contributed by atoms with Crippen molar-refractivity contribution in [3.05, 3.63) is 53.2 Å². The van der Waals surface area contributed by atoms with E-state index in [9.17, 15) is 0 Å². The van der Waals surface area contributed by atoms with Crippen LogP contribution in [0.1, 0.15) is 19.2 Å². The highest BCUT2D eigenvalue weighted by atomic mass is 79.9. The van der Waals surface area contributed by atoms with E-state index in [1.165, 1.54) is 0 Å². The van der Waals surface area contributed by atoms with Gasteiger partial charge in [-0.2, -0.15) is 0 Å². The lowest BCUT2D eigenvalue weighted by atomic mass is 10.1. The van der Waals surface area contributed by atoms with Gasteiger partial charge in [0.1, 0.15) is 10.4 Å². The summed E-state index contributed by atoms with van der Waals surface area (Å²) in [6.45, 7) is 2.13. The first-order valence-corrected chi connectivity index (χ1v) is 7.44. The highest BCUT2D eigenvalue weighted by Gasteiger charge is 2.08. The average Bonchev–Trinajstić information content (AvgIpc) is 2.46. The number of rotatable bonds is 3. The molecule has 0 N–H and O–H groups in total. The lowest BCUT2D eigenvalue weighted by Gasteiger charge is -2.07. The van der Waals surface area contributed by atoms with E-state index in [4.69, 9.17) is 0 Å². The van der Waals surface area contributed by atoms with Gasteiger partial charge in [0, 0.05) is 29.8 Å². The van der Waals surface area contributed by atoms with Gasteiger partial charge in [-0.25, -0.2) is 9.97 Å². The Morgan fingerprint density at radius 2 is 1.95 bits per heavy atom. The molecule has 0 unspecified atom stereocenters. The molecule has 0 saturated heterocycles. The van der Waals surface area contributed by atoms with E-state index in [-0.39, 0.29) is 0 Å². The summed E-state index contributed by atoms with van der Waals surface area (Å²) in [7, 11) is 0. The van der Waals surface area contributed by atoms with Gasteiger partial charge in [0.25, 0.3) is 0 Å². The third kappa shape index (κ3) is 2.56. The second-order valence-corrected chi connectivity index (χ2v) is 5.46. The maximum Gasteiger partial charge on any atom is 0.130 e. The van der Waals surface area contributed by atoms with Gasteiger partial charge >= 0.3 is 0 Å². The van der Waals surface area contributed by atoms with Crippen molar-refractivity contribution in [3.8, 4) is 11.3 Å². The maximum atomic E-state index is 4.66. The lowest BCUT2D eigenvalue weighted by molar-refractivity contribution is 0.831. The first-order valence-electron chi connectivity index (χ1n) is 6.64. The fourth-order valence-corrected chi connectivity index (χ4v) is 2.68. The van der Waals surface area contributed by atoms with Gasteiger partial charge in [-0.3, -0.25) is 4.98 Å². The summed E-state index contributed by atoms with van der Waals surface area (Å²) in [6.07, 6.45) is 5.66. The van der Waals surface area contributed by atoms with Gasteiger partial charge in [0.2, 0.25) is 0 Å². The molecule has 0 saturated carbocycles. The molecule has 0 aliphatic carbocycles. The zero-order valence-corrected chi connectivity index (χ0v) is 12.8. The molecule has 20 heavy (non-hydrogen) atoms. The van der Waals surface area contributed by atoms with Crippen LogP contribution in [0.5, 0.6) is 0 Å². The van der Waals surface area contributed by atoms with Crippen LogP contribution in [0, 0.1) is 0 Å². The van der Waals surface area contributed by atoms with Crippen molar-refractivity contribution in [1.82, 2.24) is 15.0 Å². The Kier molecular flexibility index (Phi) is 3.74. The lowest BCUT2D eigenvalue weighted by Crippen LogP contribution is -1.97. The van der Waals surface area contributed by atoms with Crippen LogP contribution in [0.25, 0.3) is 22.0 Å². The Hall–Kier alpha value is -1.81. The van der Waals surface area contributed by atoms with Crippen LogP contribution in [-0.4, -0.2) is 15.0 Å². The van der Waals surface area contributed by atoms with Gasteiger partial charge in [0.05, 0.1) is 5.69 Å². The molecule has 4 heteroatoms. The Morgan fingerprint density at radius 3 is 2.80 bits per heavy atom. The number of aromatic nitrogens is 3. The second kappa shape index (κ2) is 5.67. The van der Waals surface area contributed by atoms with Crippen molar-refractivity contribution in [2.45, 2.75) is 19.8 Å². The quantitative estimate of drug-likeness (QED) is 0.669. The average molecular weight is 328 g/mol. The van der Waals surface area contributed by atoms with Crippen LogP contribution in [0.3, 0.4) is 0 Å². The molecule has 2 aromatic heterocycles. The normalized spacial score (nSPS) is 10.9. The number of hydrogen-bond donors (Lipinski definition) is 0. The summed E-state index contributed by atoms with van der Waals surface area (Å²) in [5.74, 6) is 0.866. The number of nitrogens with zero attached hydrogens (tertiary/aromatic N) is 3. The summed E-state index contributed by atoms with van der Waals surface area (Å²) >= 11 is 3.47. The van der Waals surface area contributed by atoms with Gasteiger partial charge < -0.3 is 0 Å². The van der Waals surface area contributed by atoms with Gasteiger partial charge in [-0.05, 0) is 33.8 Å². The van der Waals surface area contributed by atoms with Crippen molar-refractivity contribution in [2.24, 2.45) is 0 Å². The number of halogens is 1. The molecule has 3 aromatic rings. The van der Waals surface area contributed by atoms with Crippen LogP contribution in [0.2, 0.25) is 0 Å². The number of benzene rings is 1. The monoisotopic (exact) mass is 327 g/mol. The van der Waals surface area contributed by atoms with E-state index in [0.29, 0.717) is 0 Å². The molecule has 0 bridgehead atoms. The molecular weight excluding hydrogens is 314 g/mol. The number of aryl methyl sites for hydroxylation is 1. The molecule has 0 amide bonds. The van der Waals surface area contributed by atoms with Crippen molar-refractivity contribution < 1.29 is 0 Å². The molecule has 0 radical (unpaired) electrons. The van der Waals surface area contributed by atoms with E-state index in [1.54, 1.807) is 0 Å². The molecule has 100 valence electrons. The second-order valence-electron chi connectivity index (χ2n) is 4.65. The molecular formula is C16H14BrN3. The molecule has 0 aliphatic rings. The minimum atomic E-state index is 0.818. The third-order valence-electron chi connectivity index (χ3n) is 3.16. The van der Waals surface area contributed by atoms with Crippen LogP contribution in [0.15, 0.2) is 47.3 Å². The van der Waals surface area contributed by atoms with Crippen LogP contribution >= 0.6 is 15.9 Å². The molecule has 0 fully saturated rings. The molecule has 3 rings (SSSR count). The largest absolute Gasteiger partial charge is 0.263 e. The van der Waals surface area contributed by atoms with E-state index in [1.807, 2.05) is 30.6 Å². The summed E-state index contributed by atoms with van der Waals surface area (Å²) in [5.41, 5.74) is 1.96. The van der Waals surface area contributed by atoms with Crippen LogP contribution < -0.4 is 0 Å². The Morgan fingerprint density at radius 1 is 1.10 bits per heavy atom. The molecule has 3 nitrogen and oxygen atoms in total. The first kappa shape index (κ1) is 13.2. The minimum Gasteiger partial charge on any atom is -0.263 e. The summed E-state index contributed by atoms with van der Waals surface area (Å²) in [6, 6.07) is 10.2. The van der Waals surface area contributed by atoms with Crippen molar-refractivity contribution in [1.29, 1.82) is 0 Å². The topological polar surface area (TPSA) is 38.7 Å². The SMILES string of the molecule is CCCc1nc(Br)cc(-c2cncc3ccccc23)n1. The predicted molar refractivity (Wildman–Crippen MR) is 84.5 cm³/mol. The first-order chi connectivity index (χ1) is 9.78. The maximum absolute atomic E-state index is 4.66. The van der Waals surface area contributed by atoms with Gasteiger partial charge in [-0.15, -0.1) is 0 Å². The number of hydrogen-bond acceptors (Lipinski definition) is 3. The Labute approximate surface area is 126 Å². The number of pyridine rings is 1. The number of fused-ring (bicyclic) bond motifs is 1. The molecule has 0 spiro atoms. The van der Waals surface area contributed by atoms with E-state index < -0.39 is 0 Å². The third-order valence-corrected chi connectivity index (χ3v) is 3.57. The van der Waals surface area contributed by atoms with Crippen molar-refractivity contribution in [2.75, 3.05) is 0 Å². The van der Waals surface area contributed by atoms with Gasteiger partial charge in [0.15, 0.2) is 0 Å². The van der Waals surface area contributed by atoms with Crippen molar-refractivity contribution in [3.63, 3.8) is 0 Å². The zero-order chi connectivity index (χ0) is 13.9. The summed E-state index contributed by atoms with van der Waals surface area (Å²) in [5, 5.41) is 2.28. The van der Waals surface area contributed by atoms with Crippen LogP contribution in [-0.2, 0) is 6.42 Å². The van der Waals surface area contributed by atoms with Gasteiger partial charge in [-0.1, -0.05) is 31.2 Å². The predicted octanol–water partition coefficient (Wildman–Crippen LogP) is 4.41. The minimum absolute atomic E-state index is 0.818. The standard InChI is InChI=1S/C16H14BrN3/c1-2-5-16-19-14(8-15(17)20-16)13-10-18-9-11-6-3-4-7-12(11)13/h3-4,6-10H,2,5H2,1H3. The Bertz CT molecular complexity index is 750. The Balaban J connectivity index is 2.20. The summed E-state index contributed by atoms with van der Waals surface area (Å²) in [4.78, 5) is 13.4. The van der Waals surface area contributed by atoms with E-state index in [0.717, 1.165) is 45.3 Å². The smallest absolute Gasteiger partial charge is 0.130 e. The molecule has 2 heterocycles. The van der Waals surface area contributed by atoms with Crippen LogP contribution in [0.4, 0.5) is 0 Å². The zero-order valence-electron chi connectivity index (χ0n) is 11.2. The van der Waals surface area contributed by atoms with Crippen molar-refractivity contribution >= 4 is 26.7 Å².